The minimum Gasteiger partial charge on any atom is -0.336 e. The van der Waals surface area contributed by atoms with E-state index in [2.05, 4.69) is 10.6 Å². The molecule has 0 heterocycles. The fourth-order valence-electron chi connectivity index (χ4n) is 0.546. The number of halogens is 1. The average molecular weight is 162 g/mol. The molecule has 0 radical (unpaired) electrons. The molecule has 0 fully saturated rings. The van der Waals surface area contributed by atoms with Crippen LogP contribution in [-0.4, -0.2) is 24.8 Å². The van der Waals surface area contributed by atoms with Gasteiger partial charge < -0.3 is 10.6 Å². The lowest BCUT2D eigenvalue weighted by molar-refractivity contribution is 0.231. The zero-order valence-electron chi connectivity index (χ0n) is 7.20. The third-order valence-electron chi connectivity index (χ3n) is 0.869. The largest absolute Gasteiger partial charge is 0.336 e. The van der Waals surface area contributed by atoms with Crippen molar-refractivity contribution in [2.24, 2.45) is 0 Å². The average Bonchev–Trinajstić information content (AvgIpc) is 1.79. The smallest absolute Gasteiger partial charge is 0.315 e. The van der Waals surface area contributed by atoms with Gasteiger partial charge in [-0.2, -0.15) is 0 Å². The van der Waals surface area contributed by atoms with Gasteiger partial charge in [-0.15, -0.1) is 0 Å². The Balaban J connectivity index is 3.53. The fourth-order valence-corrected chi connectivity index (χ4v) is 0.546. The molecule has 0 saturated carbocycles. The molecule has 0 aliphatic heterocycles. The van der Waals surface area contributed by atoms with Gasteiger partial charge in [0.15, 0.2) is 0 Å². The van der Waals surface area contributed by atoms with E-state index in [9.17, 15) is 9.18 Å². The molecule has 4 heteroatoms. The van der Waals surface area contributed by atoms with Gasteiger partial charge in [-0.3, -0.25) is 0 Å². The minimum absolute atomic E-state index is 0.0713. The molecule has 2 amide bonds. The molecule has 0 rings (SSSR count). The van der Waals surface area contributed by atoms with Gasteiger partial charge in [-0.1, -0.05) is 0 Å². The van der Waals surface area contributed by atoms with Crippen LogP contribution in [0.25, 0.3) is 0 Å². The quantitative estimate of drug-likeness (QED) is 0.626. The van der Waals surface area contributed by atoms with Crippen molar-refractivity contribution in [2.45, 2.75) is 26.3 Å². The Morgan fingerprint density at radius 1 is 1.45 bits per heavy atom. The SMILES string of the molecule is CC(C)(C)NC(=O)NCCF. The molecule has 0 aliphatic rings. The van der Waals surface area contributed by atoms with Crippen molar-refractivity contribution in [2.75, 3.05) is 13.2 Å². The highest BCUT2D eigenvalue weighted by atomic mass is 19.1. The van der Waals surface area contributed by atoms with Crippen LogP contribution in [0.4, 0.5) is 9.18 Å². The van der Waals surface area contributed by atoms with Crippen molar-refractivity contribution < 1.29 is 9.18 Å². The van der Waals surface area contributed by atoms with Gasteiger partial charge in [-0.05, 0) is 20.8 Å². The standard InChI is InChI=1S/C7H15FN2O/c1-7(2,3)10-6(11)9-5-4-8/h4-5H2,1-3H3,(H2,9,10,11). The summed E-state index contributed by atoms with van der Waals surface area (Å²) in [6.07, 6.45) is 0. The molecule has 3 nitrogen and oxygen atoms in total. The molecule has 0 aromatic heterocycles. The second kappa shape index (κ2) is 4.16. The summed E-state index contributed by atoms with van der Waals surface area (Å²) in [4.78, 5) is 10.8. The van der Waals surface area contributed by atoms with Crippen molar-refractivity contribution in [1.29, 1.82) is 0 Å². The Bertz CT molecular complexity index is 131. The van der Waals surface area contributed by atoms with Crippen molar-refractivity contribution in [3.63, 3.8) is 0 Å². The second-order valence-electron chi connectivity index (χ2n) is 3.32. The van der Waals surface area contributed by atoms with Crippen LogP contribution in [0.3, 0.4) is 0 Å². The number of rotatable bonds is 2. The monoisotopic (exact) mass is 162 g/mol. The number of alkyl halides is 1. The van der Waals surface area contributed by atoms with Crippen LogP contribution in [-0.2, 0) is 0 Å². The highest BCUT2D eigenvalue weighted by molar-refractivity contribution is 5.74. The van der Waals surface area contributed by atoms with Crippen LogP contribution in [0.15, 0.2) is 0 Å². The first kappa shape index (κ1) is 10.2. The number of hydrogen-bond acceptors (Lipinski definition) is 1. The maximum atomic E-state index is 11.5. The van der Waals surface area contributed by atoms with Gasteiger partial charge in [0.1, 0.15) is 6.67 Å². The van der Waals surface area contributed by atoms with Crippen LogP contribution in [0.1, 0.15) is 20.8 Å². The summed E-state index contributed by atoms with van der Waals surface area (Å²) in [6.45, 7) is 5.13. The lowest BCUT2D eigenvalue weighted by Gasteiger charge is -2.20. The van der Waals surface area contributed by atoms with Crippen molar-refractivity contribution in [1.82, 2.24) is 10.6 Å². The Morgan fingerprint density at radius 2 is 2.00 bits per heavy atom. The van der Waals surface area contributed by atoms with E-state index in [4.69, 9.17) is 0 Å². The van der Waals surface area contributed by atoms with E-state index in [0.717, 1.165) is 0 Å². The summed E-state index contributed by atoms with van der Waals surface area (Å²) < 4.78 is 11.5. The minimum atomic E-state index is -0.530. The number of carbonyl (C=O) groups is 1. The maximum absolute atomic E-state index is 11.5. The van der Waals surface area contributed by atoms with E-state index in [-0.39, 0.29) is 18.1 Å². The summed E-state index contributed by atoms with van der Waals surface area (Å²) >= 11 is 0. The van der Waals surface area contributed by atoms with Crippen molar-refractivity contribution in [3.8, 4) is 0 Å². The number of urea groups is 1. The van der Waals surface area contributed by atoms with E-state index in [1.807, 2.05) is 20.8 Å². The fraction of sp³-hybridized carbons (Fsp3) is 0.857. The Hall–Kier alpha value is -0.800. The highest BCUT2D eigenvalue weighted by Crippen LogP contribution is 1.96. The number of carbonyl (C=O) groups excluding carboxylic acids is 1. The first-order valence-corrected chi connectivity index (χ1v) is 3.57. The third kappa shape index (κ3) is 7.09. The first-order chi connectivity index (χ1) is 4.95. The van der Waals surface area contributed by atoms with Crippen LogP contribution in [0.2, 0.25) is 0 Å². The molecule has 0 aromatic rings. The first-order valence-electron chi connectivity index (χ1n) is 3.57. The Labute approximate surface area is 66.4 Å². The molecule has 0 spiro atoms. The van der Waals surface area contributed by atoms with E-state index in [1.165, 1.54) is 0 Å². The van der Waals surface area contributed by atoms with Gasteiger partial charge >= 0.3 is 6.03 Å². The zero-order chi connectivity index (χ0) is 8.91. The summed E-state index contributed by atoms with van der Waals surface area (Å²) in [5, 5.41) is 5.00. The van der Waals surface area contributed by atoms with Gasteiger partial charge in [0.05, 0.1) is 0 Å². The lowest BCUT2D eigenvalue weighted by Crippen LogP contribution is -2.46. The molecule has 0 saturated heterocycles. The predicted molar refractivity (Wildman–Crippen MR) is 42.3 cm³/mol. The van der Waals surface area contributed by atoms with Crippen LogP contribution < -0.4 is 10.6 Å². The normalized spacial score (nSPS) is 10.9. The molecular formula is C7H15FN2O. The topological polar surface area (TPSA) is 41.1 Å². The molecule has 0 unspecified atom stereocenters. The molecule has 11 heavy (non-hydrogen) atoms. The summed E-state index contributed by atoms with van der Waals surface area (Å²) in [6, 6.07) is -0.324. The van der Waals surface area contributed by atoms with Crippen molar-refractivity contribution >= 4 is 6.03 Å². The number of amides is 2. The number of nitrogens with one attached hydrogen (secondary N) is 2. The molecule has 0 bridgehead atoms. The predicted octanol–water partition coefficient (Wildman–Crippen LogP) is 1.05. The van der Waals surface area contributed by atoms with E-state index in [0.29, 0.717) is 0 Å². The van der Waals surface area contributed by atoms with Crippen LogP contribution >= 0.6 is 0 Å². The lowest BCUT2D eigenvalue weighted by atomic mass is 10.1. The molecular weight excluding hydrogens is 147 g/mol. The van der Waals surface area contributed by atoms with Gasteiger partial charge in [0.2, 0.25) is 0 Å². The van der Waals surface area contributed by atoms with E-state index >= 15 is 0 Å². The highest BCUT2D eigenvalue weighted by Gasteiger charge is 2.12. The summed E-state index contributed by atoms with van der Waals surface area (Å²) in [5.41, 5.74) is -0.263. The van der Waals surface area contributed by atoms with E-state index < -0.39 is 6.67 Å². The van der Waals surface area contributed by atoms with Gasteiger partial charge in [0.25, 0.3) is 0 Å². The Morgan fingerprint density at radius 3 is 2.36 bits per heavy atom. The Kier molecular flexibility index (Phi) is 3.85. The van der Waals surface area contributed by atoms with Crippen LogP contribution in [0.5, 0.6) is 0 Å². The molecule has 0 aliphatic carbocycles. The molecule has 0 aromatic carbocycles. The summed E-state index contributed by atoms with van der Waals surface area (Å²) in [5.74, 6) is 0. The second-order valence-corrected chi connectivity index (χ2v) is 3.32. The summed E-state index contributed by atoms with van der Waals surface area (Å²) in [7, 11) is 0. The molecule has 2 N–H and O–H groups in total. The zero-order valence-corrected chi connectivity index (χ0v) is 7.20. The molecule has 66 valence electrons. The van der Waals surface area contributed by atoms with E-state index in [1.54, 1.807) is 0 Å². The van der Waals surface area contributed by atoms with Gasteiger partial charge in [-0.25, -0.2) is 9.18 Å². The van der Waals surface area contributed by atoms with Crippen LogP contribution in [0, 0.1) is 0 Å². The maximum Gasteiger partial charge on any atom is 0.315 e. The third-order valence-corrected chi connectivity index (χ3v) is 0.869. The van der Waals surface area contributed by atoms with Gasteiger partial charge in [0, 0.05) is 12.1 Å². The molecule has 0 atom stereocenters. The number of hydrogen-bond donors (Lipinski definition) is 2. The van der Waals surface area contributed by atoms with Crippen molar-refractivity contribution in [3.05, 3.63) is 0 Å².